The van der Waals surface area contributed by atoms with Crippen LogP contribution < -0.4 is 15.8 Å². The van der Waals surface area contributed by atoms with Crippen molar-refractivity contribution in [3.8, 4) is 5.69 Å². The van der Waals surface area contributed by atoms with Crippen molar-refractivity contribution >= 4 is 62.6 Å². The van der Waals surface area contributed by atoms with Gasteiger partial charge in [0.15, 0.2) is 0 Å². The number of hydrogen-bond donors (Lipinski definition) is 0. The average molecular weight is 526 g/mol. The van der Waals surface area contributed by atoms with Crippen LogP contribution in [-0.4, -0.2) is 17.3 Å². The smallest absolute Gasteiger partial charge is 0.244 e. The van der Waals surface area contributed by atoms with Crippen molar-refractivity contribution in [2.45, 2.75) is 16.9 Å². The van der Waals surface area contributed by atoms with E-state index in [4.69, 9.17) is 0 Å². The van der Waals surface area contributed by atoms with E-state index in [1.54, 1.807) is 5.47 Å². The summed E-state index contributed by atoms with van der Waals surface area (Å²) in [7, 11) is 0. The number of aromatic nitrogens is 1. The topological polar surface area (TPSA) is 8.17 Å². The lowest BCUT2D eigenvalue weighted by Crippen LogP contribution is -2.58. The van der Waals surface area contributed by atoms with Gasteiger partial charge in [-0.2, -0.15) is 0 Å². The Morgan fingerprint density at radius 2 is 1.43 bits per heavy atom. The highest BCUT2D eigenvalue weighted by molar-refractivity contribution is 8.03. The molecule has 4 heteroatoms. The van der Waals surface area contributed by atoms with E-state index in [1.165, 1.54) is 65.2 Å². The minimum atomic E-state index is 0.304. The Morgan fingerprint density at radius 1 is 0.650 bits per heavy atom. The number of nitrogens with zero attached hydrogens (tertiary/aromatic N) is 2. The van der Waals surface area contributed by atoms with E-state index < -0.39 is 0 Å². The Balaban J connectivity index is 1.30. The van der Waals surface area contributed by atoms with Gasteiger partial charge in [-0.3, -0.25) is 0 Å². The molecule has 2 nitrogen and oxygen atoms in total. The van der Waals surface area contributed by atoms with Crippen LogP contribution in [-0.2, 0) is 0 Å². The Hall–Kier alpha value is -4.41. The minimum Gasteiger partial charge on any atom is -0.334 e. The van der Waals surface area contributed by atoms with Crippen LogP contribution in [0.4, 0.5) is 11.4 Å². The molecule has 0 spiro atoms. The molecule has 0 saturated heterocycles. The van der Waals surface area contributed by atoms with Crippen molar-refractivity contribution in [3.05, 3.63) is 143 Å². The largest absolute Gasteiger partial charge is 0.334 e. The van der Waals surface area contributed by atoms with Gasteiger partial charge in [-0.05, 0) is 53.5 Å². The molecule has 0 radical (unpaired) electrons. The van der Waals surface area contributed by atoms with Gasteiger partial charge in [-0.15, -0.1) is 0 Å². The van der Waals surface area contributed by atoms with E-state index in [0.29, 0.717) is 18.7 Å². The van der Waals surface area contributed by atoms with Gasteiger partial charge in [0.05, 0.1) is 17.1 Å². The van der Waals surface area contributed by atoms with Crippen LogP contribution in [0.5, 0.6) is 0 Å². The molecule has 40 heavy (non-hydrogen) atoms. The van der Waals surface area contributed by atoms with Crippen LogP contribution in [0.25, 0.3) is 27.5 Å². The second-order valence-corrected chi connectivity index (χ2v) is 12.4. The predicted molar refractivity (Wildman–Crippen MR) is 169 cm³/mol. The summed E-state index contributed by atoms with van der Waals surface area (Å²) < 4.78 is 2.44. The van der Waals surface area contributed by atoms with Crippen LogP contribution in [0.1, 0.15) is 11.5 Å². The molecule has 0 amide bonds. The van der Waals surface area contributed by atoms with Crippen molar-refractivity contribution in [1.82, 2.24) is 4.57 Å². The third-order valence-corrected chi connectivity index (χ3v) is 10.6. The molecule has 6 aromatic rings. The number of fused-ring (bicyclic) bond motifs is 11. The second-order valence-electron chi connectivity index (χ2n) is 11.3. The fourth-order valence-corrected chi connectivity index (χ4v) is 9.07. The summed E-state index contributed by atoms with van der Waals surface area (Å²) in [6.07, 6.45) is 4.90. The molecule has 10 rings (SSSR count). The average Bonchev–Trinajstić information content (AvgIpc) is 3.52. The molecule has 0 N–H and O–H groups in total. The number of thioether (sulfide) groups is 1. The van der Waals surface area contributed by atoms with E-state index >= 15 is 0 Å². The van der Waals surface area contributed by atoms with E-state index in [1.807, 2.05) is 11.8 Å². The van der Waals surface area contributed by atoms with Crippen LogP contribution in [0.3, 0.4) is 0 Å². The van der Waals surface area contributed by atoms with Crippen LogP contribution in [0.15, 0.2) is 143 Å². The van der Waals surface area contributed by atoms with Gasteiger partial charge < -0.3 is 9.47 Å². The highest BCUT2D eigenvalue weighted by atomic mass is 32.2. The molecule has 4 heterocycles. The predicted octanol–water partition coefficient (Wildman–Crippen LogP) is 7.48. The van der Waals surface area contributed by atoms with Gasteiger partial charge in [-0.1, -0.05) is 108 Å². The number of benzene rings is 5. The van der Waals surface area contributed by atoms with Gasteiger partial charge in [0.2, 0.25) is 6.71 Å². The zero-order chi connectivity index (χ0) is 25.9. The molecule has 4 aliphatic rings. The maximum atomic E-state index is 2.67. The Kier molecular flexibility index (Phi) is 4.08. The quantitative estimate of drug-likeness (QED) is 0.205. The first-order chi connectivity index (χ1) is 19.9. The van der Waals surface area contributed by atoms with Crippen molar-refractivity contribution < 1.29 is 0 Å². The first-order valence-corrected chi connectivity index (χ1v) is 14.9. The number of rotatable bonds is 1. The SMILES string of the molecule is C1=CC2c3cc4c5ccccc5n(-c5ccccc5)c4cc3N3c4ccccc4B4C(=C1Sc1ccccc14)C23. The lowest BCUT2D eigenvalue weighted by Gasteiger charge is -2.45. The molecule has 3 aliphatic heterocycles. The highest BCUT2D eigenvalue weighted by Crippen LogP contribution is 2.56. The van der Waals surface area contributed by atoms with Crippen LogP contribution in [0.2, 0.25) is 0 Å². The van der Waals surface area contributed by atoms with E-state index in [-0.39, 0.29) is 0 Å². The second kappa shape index (κ2) is 7.62. The highest BCUT2D eigenvalue weighted by Gasteiger charge is 2.52. The van der Waals surface area contributed by atoms with Gasteiger partial charge >= 0.3 is 0 Å². The van der Waals surface area contributed by atoms with Crippen molar-refractivity contribution in [3.63, 3.8) is 0 Å². The molecule has 0 saturated carbocycles. The van der Waals surface area contributed by atoms with Gasteiger partial charge in [0.1, 0.15) is 0 Å². The molecule has 1 aliphatic carbocycles. The van der Waals surface area contributed by atoms with E-state index in [9.17, 15) is 0 Å². The Bertz CT molecular complexity index is 2120. The number of allylic oxidation sites excluding steroid dienone is 1. The normalized spacial score (nSPS) is 19.6. The van der Waals surface area contributed by atoms with Crippen LogP contribution >= 0.6 is 11.8 Å². The standard InChI is InChI=1S/C36H23BN2S/c1-2-10-22(11-3-1)38-29-15-7-4-12-23(29)25-20-26-24-18-19-34-35-36(24)39(32(26)21-31(25)38)30-16-8-5-13-27(30)37(35)28-14-6-9-17-33(28)40-34/h1-21,24,36H. The van der Waals surface area contributed by atoms with E-state index in [2.05, 4.69) is 137 Å². The first kappa shape index (κ1) is 21.4. The summed E-state index contributed by atoms with van der Waals surface area (Å²) in [5, 5.41) is 2.65. The fraction of sp³-hybridized carbons (Fsp3) is 0.0556. The third kappa shape index (κ3) is 2.58. The number of para-hydroxylation sites is 3. The maximum absolute atomic E-state index is 2.67. The molecule has 2 unspecified atom stereocenters. The Labute approximate surface area is 237 Å². The lowest BCUT2D eigenvalue weighted by atomic mass is 9.32. The zero-order valence-electron chi connectivity index (χ0n) is 21.7. The minimum absolute atomic E-state index is 0.304. The molecule has 0 bridgehead atoms. The molecular weight excluding hydrogens is 503 g/mol. The van der Waals surface area contributed by atoms with Gasteiger partial charge in [0.25, 0.3) is 0 Å². The molecule has 1 aromatic heterocycles. The summed E-state index contributed by atoms with van der Waals surface area (Å²) >= 11 is 1.95. The molecule has 2 atom stereocenters. The maximum Gasteiger partial charge on any atom is 0.244 e. The summed E-state index contributed by atoms with van der Waals surface area (Å²) in [5.41, 5.74) is 12.3. The summed E-state index contributed by atoms with van der Waals surface area (Å²) in [6, 6.07) is 43.1. The van der Waals surface area contributed by atoms with Crippen molar-refractivity contribution in [2.24, 2.45) is 0 Å². The molecule has 5 aromatic carbocycles. The van der Waals surface area contributed by atoms with E-state index in [0.717, 1.165) is 0 Å². The monoisotopic (exact) mass is 526 g/mol. The zero-order valence-corrected chi connectivity index (χ0v) is 22.5. The van der Waals surface area contributed by atoms with Crippen molar-refractivity contribution in [2.75, 3.05) is 4.90 Å². The lowest BCUT2D eigenvalue weighted by molar-refractivity contribution is 0.725. The molecule has 186 valence electrons. The summed E-state index contributed by atoms with van der Waals surface area (Å²) in [4.78, 5) is 5.49. The van der Waals surface area contributed by atoms with Crippen LogP contribution in [0, 0.1) is 0 Å². The first-order valence-electron chi connectivity index (χ1n) is 14.1. The van der Waals surface area contributed by atoms with Crippen molar-refractivity contribution in [1.29, 1.82) is 0 Å². The molecule has 0 fully saturated rings. The van der Waals surface area contributed by atoms with Gasteiger partial charge in [0, 0.05) is 43.6 Å². The third-order valence-electron chi connectivity index (χ3n) is 9.40. The number of anilines is 2. The molecular formula is C36H23BN2S. The Morgan fingerprint density at radius 3 is 2.35 bits per heavy atom. The fourth-order valence-electron chi connectivity index (χ4n) is 7.88. The number of hydrogen-bond acceptors (Lipinski definition) is 2. The van der Waals surface area contributed by atoms with Gasteiger partial charge in [-0.25, -0.2) is 0 Å². The summed E-state index contributed by atoms with van der Waals surface area (Å²) in [6.45, 7) is 0.306. The summed E-state index contributed by atoms with van der Waals surface area (Å²) in [5.74, 6) is 0.332.